The number of primary amides is 1. The van der Waals surface area contributed by atoms with Crippen LogP contribution in [0, 0.1) is 11.6 Å². The van der Waals surface area contributed by atoms with Gasteiger partial charge in [-0.2, -0.15) is 8.78 Å². The Labute approximate surface area is 237 Å². The molecule has 1 saturated carbocycles. The quantitative estimate of drug-likeness (QED) is 0.292. The standard InChI is InChI=1S/C29H26ClF5N2O4/c30-25-19(32)11-22-17(23(25)24-16(27(36)39)7-9-21(26(24)33)40-28(34)35)12-29(41-22,14-4-2-1-3-5-14)13-37-15-6-8-20(38)18(31)10-15/h1-5,7,9,11,15,18,20,28,37-38H,6,8,10,12-13H2,(H2,36,39)/t15-,18+,20+,29+/m0/s1. The Hall–Kier alpha value is -3.41. The van der Waals surface area contributed by atoms with Crippen LogP contribution in [0.3, 0.4) is 0 Å². The average Bonchev–Trinajstić information content (AvgIpc) is 3.31. The second-order valence-corrected chi connectivity index (χ2v) is 10.6. The first-order valence-corrected chi connectivity index (χ1v) is 13.3. The Morgan fingerprint density at radius 1 is 1.17 bits per heavy atom. The summed E-state index contributed by atoms with van der Waals surface area (Å²) >= 11 is 6.37. The van der Waals surface area contributed by atoms with Crippen molar-refractivity contribution in [3.8, 4) is 22.6 Å². The van der Waals surface area contributed by atoms with Crippen molar-refractivity contribution in [3.05, 3.63) is 81.9 Å². The zero-order valence-corrected chi connectivity index (χ0v) is 22.2. The molecule has 3 aromatic carbocycles. The van der Waals surface area contributed by atoms with Crippen LogP contribution in [-0.2, 0) is 12.0 Å². The van der Waals surface area contributed by atoms with E-state index in [1.807, 2.05) is 0 Å². The minimum absolute atomic E-state index is 0.00927. The van der Waals surface area contributed by atoms with Crippen molar-refractivity contribution in [2.75, 3.05) is 6.54 Å². The Balaban J connectivity index is 1.62. The highest BCUT2D eigenvalue weighted by molar-refractivity contribution is 6.34. The number of ether oxygens (including phenoxy) is 2. The van der Waals surface area contributed by atoms with E-state index in [0.717, 1.165) is 18.2 Å². The SMILES string of the molecule is NC(=O)c1ccc(OC(F)F)c(F)c1-c1c(Cl)c(F)cc2c1C[C@@](CN[C@H]1CC[C@@H](O)[C@H](F)C1)(c1ccccc1)O2. The first-order valence-electron chi connectivity index (χ1n) is 12.9. The third kappa shape index (κ3) is 5.58. The minimum atomic E-state index is -3.38. The summed E-state index contributed by atoms with van der Waals surface area (Å²) in [7, 11) is 0. The number of carbonyl (C=O) groups is 1. The van der Waals surface area contributed by atoms with E-state index in [1.165, 1.54) is 0 Å². The van der Waals surface area contributed by atoms with Gasteiger partial charge in [-0.3, -0.25) is 4.79 Å². The van der Waals surface area contributed by atoms with Gasteiger partial charge in [0.2, 0.25) is 5.91 Å². The molecule has 4 N–H and O–H groups in total. The van der Waals surface area contributed by atoms with Crippen LogP contribution in [0.15, 0.2) is 48.5 Å². The number of hydrogen-bond acceptors (Lipinski definition) is 5. The number of aliphatic hydroxyl groups excluding tert-OH is 1. The number of halogens is 6. The Morgan fingerprint density at radius 2 is 1.90 bits per heavy atom. The maximum Gasteiger partial charge on any atom is 0.387 e. The number of hydrogen-bond donors (Lipinski definition) is 3. The molecule has 1 heterocycles. The smallest absolute Gasteiger partial charge is 0.387 e. The van der Waals surface area contributed by atoms with Crippen LogP contribution in [-0.4, -0.2) is 42.5 Å². The lowest BCUT2D eigenvalue weighted by Gasteiger charge is -2.34. The monoisotopic (exact) mass is 596 g/mol. The summed E-state index contributed by atoms with van der Waals surface area (Å²) in [6.45, 7) is -3.27. The van der Waals surface area contributed by atoms with Crippen molar-refractivity contribution >= 4 is 17.5 Å². The van der Waals surface area contributed by atoms with E-state index in [2.05, 4.69) is 10.1 Å². The van der Waals surface area contributed by atoms with Gasteiger partial charge in [0.25, 0.3) is 0 Å². The molecule has 3 aromatic rings. The van der Waals surface area contributed by atoms with Crippen molar-refractivity contribution < 1.29 is 41.3 Å². The molecular weight excluding hydrogens is 571 g/mol. The molecule has 1 amide bonds. The Bertz CT molecular complexity index is 1460. The van der Waals surface area contributed by atoms with E-state index < -0.39 is 63.9 Å². The molecule has 0 saturated heterocycles. The van der Waals surface area contributed by atoms with Crippen molar-refractivity contribution in [1.82, 2.24) is 5.32 Å². The lowest BCUT2D eigenvalue weighted by molar-refractivity contribution is -0.0521. The van der Waals surface area contributed by atoms with Gasteiger partial charge in [0.05, 0.1) is 16.7 Å². The predicted octanol–water partition coefficient (Wildman–Crippen LogP) is 5.66. The molecule has 0 bridgehead atoms. The molecule has 41 heavy (non-hydrogen) atoms. The minimum Gasteiger partial charge on any atom is -0.480 e. The van der Waals surface area contributed by atoms with Crippen LogP contribution in [0.4, 0.5) is 22.0 Å². The summed E-state index contributed by atoms with van der Waals surface area (Å²) in [6, 6.07) is 11.4. The average molecular weight is 597 g/mol. The van der Waals surface area contributed by atoms with E-state index in [9.17, 15) is 23.1 Å². The summed E-state index contributed by atoms with van der Waals surface area (Å²) in [5.74, 6) is -4.38. The van der Waals surface area contributed by atoms with Gasteiger partial charge < -0.3 is 25.6 Å². The number of nitrogens with one attached hydrogen (secondary N) is 1. The molecule has 2 aliphatic rings. The van der Waals surface area contributed by atoms with Crippen molar-refractivity contribution in [3.63, 3.8) is 0 Å². The summed E-state index contributed by atoms with van der Waals surface area (Å²) in [6.07, 6.45) is -1.58. The summed E-state index contributed by atoms with van der Waals surface area (Å²) in [4.78, 5) is 12.3. The molecule has 0 radical (unpaired) electrons. The molecule has 4 atom stereocenters. The Kier molecular flexibility index (Phi) is 8.13. The number of alkyl halides is 3. The predicted molar refractivity (Wildman–Crippen MR) is 141 cm³/mol. The zero-order valence-electron chi connectivity index (χ0n) is 21.5. The Morgan fingerprint density at radius 3 is 2.56 bits per heavy atom. The van der Waals surface area contributed by atoms with Gasteiger partial charge in [-0.1, -0.05) is 41.9 Å². The van der Waals surface area contributed by atoms with Crippen molar-refractivity contribution in [2.45, 2.75) is 56.2 Å². The summed E-state index contributed by atoms with van der Waals surface area (Å²) in [5.41, 5.74) is 3.83. The first kappa shape index (κ1) is 29.1. The van der Waals surface area contributed by atoms with Gasteiger partial charge in [-0.25, -0.2) is 13.2 Å². The maximum absolute atomic E-state index is 15.7. The van der Waals surface area contributed by atoms with Crippen LogP contribution in [0.1, 0.15) is 40.7 Å². The van der Waals surface area contributed by atoms with Crippen LogP contribution >= 0.6 is 11.6 Å². The van der Waals surface area contributed by atoms with Gasteiger partial charge >= 0.3 is 6.61 Å². The van der Waals surface area contributed by atoms with Crippen molar-refractivity contribution in [1.29, 1.82) is 0 Å². The number of rotatable bonds is 8. The molecule has 1 aliphatic carbocycles. The second-order valence-electron chi connectivity index (χ2n) is 10.2. The van der Waals surface area contributed by atoms with Gasteiger partial charge in [0.15, 0.2) is 17.2 Å². The third-order valence-corrected chi connectivity index (χ3v) is 7.98. The normalized spacial score (nSPS) is 23.8. The number of amides is 1. The molecule has 0 aromatic heterocycles. The van der Waals surface area contributed by atoms with Crippen LogP contribution in [0.2, 0.25) is 5.02 Å². The van der Waals surface area contributed by atoms with E-state index >= 15 is 8.78 Å². The molecule has 0 unspecified atom stereocenters. The highest BCUT2D eigenvalue weighted by Gasteiger charge is 2.45. The van der Waals surface area contributed by atoms with Gasteiger partial charge in [0.1, 0.15) is 17.7 Å². The van der Waals surface area contributed by atoms with Crippen LogP contribution in [0.5, 0.6) is 11.5 Å². The summed E-state index contributed by atoms with van der Waals surface area (Å²) in [5, 5.41) is 12.5. The molecule has 0 spiro atoms. The molecule has 1 aliphatic heterocycles. The second kappa shape index (κ2) is 11.5. The van der Waals surface area contributed by atoms with E-state index in [0.29, 0.717) is 12.0 Å². The highest BCUT2D eigenvalue weighted by Crippen LogP contribution is 2.50. The molecule has 5 rings (SSSR count). The fraction of sp³-hybridized carbons (Fsp3) is 0.345. The lowest BCUT2D eigenvalue weighted by Crippen LogP contribution is -2.48. The first-order chi connectivity index (χ1) is 19.5. The number of carbonyl (C=O) groups excluding carboxylic acids is 1. The molecule has 1 fully saturated rings. The lowest BCUT2D eigenvalue weighted by atomic mass is 9.84. The molecule has 12 heteroatoms. The van der Waals surface area contributed by atoms with Crippen LogP contribution in [0.25, 0.3) is 11.1 Å². The zero-order chi connectivity index (χ0) is 29.5. The topological polar surface area (TPSA) is 93.8 Å². The molecule has 6 nitrogen and oxygen atoms in total. The van der Waals surface area contributed by atoms with Gasteiger partial charge in [-0.05, 0) is 37.0 Å². The van der Waals surface area contributed by atoms with E-state index in [4.69, 9.17) is 22.1 Å². The largest absolute Gasteiger partial charge is 0.480 e. The molecule has 218 valence electrons. The van der Waals surface area contributed by atoms with E-state index in [-0.39, 0.29) is 48.7 Å². The fourth-order valence-corrected chi connectivity index (χ4v) is 5.85. The fourth-order valence-electron chi connectivity index (χ4n) is 5.59. The maximum atomic E-state index is 15.7. The van der Waals surface area contributed by atoms with Gasteiger partial charge in [-0.15, -0.1) is 0 Å². The van der Waals surface area contributed by atoms with E-state index in [1.54, 1.807) is 30.3 Å². The highest BCUT2D eigenvalue weighted by atomic mass is 35.5. The summed E-state index contributed by atoms with van der Waals surface area (Å²) < 4.78 is 81.8. The van der Waals surface area contributed by atoms with Crippen LogP contribution < -0.4 is 20.5 Å². The van der Waals surface area contributed by atoms with Crippen molar-refractivity contribution in [2.24, 2.45) is 5.73 Å². The number of aliphatic hydroxyl groups is 1. The molecular formula is C29H26ClF5N2O4. The number of nitrogens with two attached hydrogens (primary N) is 1. The van der Waals surface area contributed by atoms with Gasteiger partial charge in [0, 0.05) is 41.8 Å². The number of fused-ring (bicyclic) bond motifs is 1. The third-order valence-electron chi connectivity index (χ3n) is 7.61. The number of benzene rings is 3.